The van der Waals surface area contributed by atoms with Crippen LogP contribution < -0.4 is 5.32 Å². The van der Waals surface area contributed by atoms with Gasteiger partial charge in [0, 0.05) is 16.7 Å². The summed E-state index contributed by atoms with van der Waals surface area (Å²) in [4.78, 5) is 22.9. The Kier molecular flexibility index (Phi) is 7.95. The maximum absolute atomic E-state index is 12.3. The van der Waals surface area contributed by atoms with E-state index in [0.717, 1.165) is 5.56 Å². The van der Waals surface area contributed by atoms with E-state index in [0.29, 0.717) is 17.7 Å². The second kappa shape index (κ2) is 9.70. The molecule has 0 bridgehead atoms. The van der Waals surface area contributed by atoms with Crippen molar-refractivity contribution < 1.29 is 14.5 Å². The van der Waals surface area contributed by atoms with E-state index in [2.05, 4.69) is 5.32 Å². The Hall–Kier alpha value is -2.37. The van der Waals surface area contributed by atoms with Gasteiger partial charge < -0.3 is 10.1 Å². The summed E-state index contributed by atoms with van der Waals surface area (Å²) in [6.45, 7) is 7.26. The molecule has 24 heavy (non-hydrogen) atoms. The number of esters is 1. The van der Waals surface area contributed by atoms with Crippen molar-refractivity contribution in [2.75, 3.05) is 13.2 Å². The highest BCUT2D eigenvalue weighted by Crippen LogP contribution is 2.22. The molecule has 0 aliphatic rings. The van der Waals surface area contributed by atoms with Crippen LogP contribution >= 0.6 is 0 Å². The smallest absolute Gasteiger partial charge is 0.336 e. The molecule has 0 heterocycles. The first-order valence-electron chi connectivity index (χ1n) is 8.21. The Labute approximate surface area is 143 Å². The van der Waals surface area contributed by atoms with Crippen molar-refractivity contribution in [2.45, 2.75) is 40.2 Å². The quantitative estimate of drug-likeness (QED) is 0.324. The van der Waals surface area contributed by atoms with E-state index in [4.69, 9.17) is 4.74 Å². The van der Waals surface area contributed by atoms with Gasteiger partial charge in [0.2, 0.25) is 6.54 Å². The normalized spacial score (nSPS) is 14.3. The third kappa shape index (κ3) is 5.68. The molecule has 1 aromatic carbocycles. The molecule has 2 atom stereocenters. The summed E-state index contributed by atoms with van der Waals surface area (Å²) in [6.07, 6.45) is 0.494. The highest BCUT2D eigenvalue weighted by atomic mass is 16.6. The molecule has 132 valence electrons. The van der Waals surface area contributed by atoms with Crippen LogP contribution in [0.4, 0.5) is 0 Å². The van der Waals surface area contributed by atoms with E-state index in [1.165, 1.54) is 0 Å². The maximum atomic E-state index is 12.3. The molecule has 0 unspecified atom stereocenters. The molecule has 1 rings (SSSR count). The molecule has 0 aromatic heterocycles. The zero-order valence-electron chi connectivity index (χ0n) is 14.7. The summed E-state index contributed by atoms with van der Waals surface area (Å²) in [5, 5.41) is 14.2. The standard InChI is InChI=1S/C18H26N2O4/c1-5-15(12-20(22)23)17(18(21)24-6-2)14(4)19-13(3)16-10-8-7-9-11-16/h7-11,13,15,19H,5-6,12H2,1-4H3/b17-14-/t13-,15-/m1/s1. The lowest BCUT2D eigenvalue weighted by Crippen LogP contribution is -2.28. The van der Waals surface area contributed by atoms with Gasteiger partial charge in [-0.15, -0.1) is 0 Å². The number of hydrogen-bond donors (Lipinski definition) is 1. The lowest BCUT2D eigenvalue weighted by atomic mass is 9.94. The van der Waals surface area contributed by atoms with Gasteiger partial charge >= 0.3 is 5.97 Å². The summed E-state index contributed by atoms with van der Waals surface area (Å²) in [7, 11) is 0. The predicted molar refractivity (Wildman–Crippen MR) is 93.0 cm³/mol. The first kappa shape index (κ1) is 19.7. The number of carbonyl (C=O) groups is 1. The van der Waals surface area contributed by atoms with Crippen LogP contribution in [0.2, 0.25) is 0 Å². The highest BCUT2D eigenvalue weighted by Gasteiger charge is 2.28. The van der Waals surface area contributed by atoms with Crippen LogP contribution in [0.5, 0.6) is 0 Å². The Morgan fingerprint density at radius 2 is 1.92 bits per heavy atom. The van der Waals surface area contributed by atoms with Crippen LogP contribution in [0.3, 0.4) is 0 Å². The zero-order chi connectivity index (χ0) is 18.1. The van der Waals surface area contributed by atoms with Gasteiger partial charge in [-0.25, -0.2) is 4.79 Å². The van der Waals surface area contributed by atoms with Gasteiger partial charge in [-0.05, 0) is 32.8 Å². The minimum atomic E-state index is -0.489. The molecule has 6 nitrogen and oxygen atoms in total. The molecule has 1 N–H and O–H groups in total. The van der Waals surface area contributed by atoms with Crippen LogP contribution in [0.25, 0.3) is 0 Å². The Bertz CT molecular complexity index is 584. The van der Waals surface area contributed by atoms with Crippen LogP contribution in [-0.4, -0.2) is 24.0 Å². The van der Waals surface area contributed by atoms with E-state index in [-0.39, 0.29) is 24.1 Å². The molecular weight excluding hydrogens is 308 g/mol. The van der Waals surface area contributed by atoms with E-state index in [9.17, 15) is 14.9 Å². The molecule has 1 aromatic rings. The van der Waals surface area contributed by atoms with Crippen molar-refractivity contribution in [1.29, 1.82) is 0 Å². The molecule has 0 aliphatic heterocycles. The molecule has 0 amide bonds. The molecule has 0 aliphatic carbocycles. The molecule has 6 heteroatoms. The number of nitro groups is 1. The summed E-state index contributed by atoms with van der Waals surface area (Å²) in [5.74, 6) is -0.967. The molecule has 0 fully saturated rings. The van der Waals surface area contributed by atoms with Crippen molar-refractivity contribution in [1.82, 2.24) is 5.32 Å². The largest absolute Gasteiger partial charge is 0.463 e. The van der Waals surface area contributed by atoms with Gasteiger partial charge in [-0.2, -0.15) is 0 Å². The number of benzene rings is 1. The van der Waals surface area contributed by atoms with Crippen molar-refractivity contribution >= 4 is 5.97 Å². The second-order valence-corrected chi connectivity index (χ2v) is 5.66. The van der Waals surface area contributed by atoms with Gasteiger partial charge in [0.05, 0.1) is 18.1 Å². The van der Waals surface area contributed by atoms with Crippen molar-refractivity contribution in [3.8, 4) is 0 Å². The fraction of sp³-hybridized carbons (Fsp3) is 0.500. The van der Waals surface area contributed by atoms with E-state index >= 15 is 0 Å². The summed E-state index contributed by atoms with van der Waals surface area (Å²) >= 11 is 0. The number of carbonyl (C=O) groups excluding carboxylic acids is 1. The number of allylic oxidation sites excluding steroid dienone is 1. The molecular formula is C18H26N2O4. The van der Waals surface area contributed by atoms with Gasteiger partial charge in [0.1, 0.15) is 0 Å². The van der Waals surface area contributed by atoms with Crippen molar-refractivity contribution in [3.63, 3.8) is 0 Å². The van der Waals surface area contributed by atoms with Crippen molar-refractivity contribution in [2.24, 2.45) is 5.92 Å². The first-order valence-corrected chi connectivity index (χ1v) is 8.21. The van der Waals surface area contributed by atoms with Gasteiger partial charge in [0.25, 0.3) is 0 Å². The molecule has 0 saturated carbocycles. The van der Waals surface area contributed by atoms with Crippen LogP contribution in [-0.2, 0) is 9.53 Å². The number of ether oxygens (including phenoxy) is 1. The maximum Gasteiger partial charge on any atom is 0.336 e. The van der Waals surface area contributed by atoms with E-state index in [1.807, 2.05) is 44.2 Å². The fourth-order valence-corrected chi connectivity index (χ4v) is 2.67. The molecule has 0 saturated heterocycles. The number of nitrogens with zero attached hydrogens (tertiary/aromatic N) is 1. The molecule has 0 spiro atoms. The summed E-state index contributed by atoms with van der Waals surface area (Å²) in [5.41, 5.74) is 2.06. The number of hydrogen-bond acceptors (Lipinski definition) is 5. The number of nitrogens with one attached hydrogen (secondary N) is 1. The first-order chi connectivity index (χ1) is 11.4. The average molecular weight is 334 g/mol. The zero-order valence-corrected chi connectivity index (χ0v) is 14.7. The lowest BCUT2D eigenvalue weighted by molar-refractivity contribution is -0.486. The van der Waals surface area contributed by atoms with E-state index in [1.54, 1.807) is 13.8 Å². The predicted octanol–water partition coefficient (Wildman–Crippen LogP) is 3.48. The van der Waals surface area contributed by atoms with Gasteiger partial charge in [-0.3, -0.25) is 10.1 Å². The Balaban J connectivity index is 3.11. The number of rotatable bonds is 9. The average Bonchev–Trinajstić information content (AvgIpc) is 2.54. The Morgan fingerprint density at radius 1 is 1.29 bits per heavy atom. The minimum absolute atomic E-state index is 0.0243. The topological polar surface area (TPSA) is 81.5 Å². The molecule has 0 radical (unpaired) electrons. The van der Waals surface area contributed by atoms with Gasteiger partial charge in [0.15, 0.2) is 0 Å². The Morgan fingerprint density at radius 3 is 2.42 bits per heavy atom. The summed E-state index contributed by atoms with van der Waals surface area (Å²) < 4.78 is 5.12. The lowest BCUT2D eigenvalue weighted by Gasteiger charge is -2.22. The second-order valence-electron chi connectivity index (χ2n) is 5.66. The van der Waals surface area contributed by atoms with Crippen LogP contribution in [0, 0.1) is 16.0 Å². The third-order valence-electron chi connectivity index (χ3n) is 3.90. The summed E-state index contributed by atoms with van der Waals surface area (Å²) in [6, 6.07) is 9.78. The minimum Gasteiger partial charge on any atom is -0.463 e. The van der Waals surface area contributed by atoms with Gasteiger partial charge in [-0.1, -0.05) is 37.3 Å². The fourth-order valence-electron chi connectivity index (χ4n) is 2.67. The van der Waals surface area contributed by atoms with E-state index < -0.39 is 11.9 Å². The van der Waals surface area contributed by atoms with Crippen LogP contribution in [0.15, 0.2) is 41.6 Å². The van der Waals surface area contributed by atoms with Crippen LogP contribution in [0.1, 0.15) is 45.7 Å². The van der Waals surface area contributed by atoms with Crippen molar-refractivity contribution in [3.05, 3.63) is 57.3 Å². The monoisotopic (exact) mass is 334 g/mol. The SMILES string of the molecule is CCOC(=O)/C(=C(/C)N[C@H](C)c1ccccc1)[C@H](CC)C[N+](=O)[O-]. The third-order valence-corrected chi connectivity index (χ3v) is 3.90. The highest BCUT2D eigenvalue weighted by molar-refractivity contribution is 5.89.